The van der Waals surface area contributed by atoms with Crippen LogP contribution in [0.25, 0.3) is 0 Å². The summed E-state index contributed by atoms with van der Waals surface area (Å²) in [5, 5.41) is 5.18. The van der Waals surface area contributed by atoms with Crippen LogP contribution in [0.3, 0.4) is 0 Å². The van der Waals surface area contributed by atoms with Crippen LogP contribution in [0.4, 0.5) is 15.8 Å². The fourth-order valence-corrected chi connectivity index (χ4v) is 1.98. The molecule has 108 valence electrons. The normalized spacial score (nSPS) is 16.9. The standard InChI is InChI=1S/C14H18FN3O2/c1-7(8(2)16)14(20)18-12-6-11-9(5-10(12)15)3-4-13(19)17-11/h5-8H,3-4,16H2,1-2H3,(H,17,19)(H,18,20). The summed E-state index contributed by atoms with van der Waals surface area (Å²) in [7, 11) is 0. The third-order valence-electron chi connectivity index (χ3n) is 3.55. The number of nitrogens with two attached hydrogens (primary N) is 1. The molecule has 1 aromatic rings. The monoisotopic (exact) mass is 279 g/mol. The lowest BCUT2D eigenvalue weighted by Gasteiger charge is -2.20. The minimum absolute atomic E-state index is 0.0588. The predicted octanol–water partition coefficient (Wildman–Crippen LogP) is 1.63. The van der Waals surface area contributed by atoms with E-state index in [1.54, 1.807) is 13.8 Å². The highest BCUT2D eigenvalue weighted by atomic mass is 19.1. The summed E-state index contributed by atoms with van der Waals surface area (Å²) in [4.78, 5) is 23.2. The molecule has 6 heteroatoms. The zero-order valence-corrected chi connectivity index (χ0v) is 11.5. The molecule has 0 aromatic heterocycles. The number of carbonyl (C=O) groups is 2. The molecular weight excluding hydrogens is 261 g/mol. The molecule has 0 spiro atoms. The quantitative estimate of drug-likeness (QED) is 0.786. The number of hydrogen-bond donors (Lipinski definition) is 3. The van der Waals surface area contributed by atoms with E-state index in [1.165, 1.54) is 12.1 Å². The Kier molecular flexibility index (Phi) is 4.04. The van der Waals surface area contributed by atoms with Crippen molar-refractivity contribution in [2.75, 3.05) is 10.6 Å². The van der Waals surface area contributed by atoms with Gasteiger partial charge in [-0.1, -0.05) is 6.92 Å². The maximum Gasteiger partial charge on any atom is 0.228 e. The van der Waals surface area contributed by atoms with Crippen molar-refractivity contribution in [3.8, 4) is 0 Å². The van der Waals surface area contributed by atoms with Crippen molar-refractivity contribution < 1.29 is 14.0 Å². The van der Waals surface area contributed by atoms with Crippen molar-refractivity contribution in [3.05, 3.63) is 23.5 Å². The van der Waals surface area contributed by atoms with Crippen LogP contribution < -0.4 is 16.4 Å². The molecule has 1 aromatic carbocycles. The Hall–Kier alpha value is -1.95. The topological polar surface area (TPSA) is 84.2 Å². The minimum atomic E-state index is -0.509. The number of carbonyl (C=O) groups excluding carboxylic acids is 2. The van der Waals surface area contributed by atoms with Crippen molar-refractivity contribution in [2.24, 2.45) is 11.7 Å². The Labute approximate surface area is 116 Å². The zero-order valence-electron chi connectivity index (χ0n) is 11.5. The van der Waals surface area contributed by atoms with Gasteiger partial charge in [-0.2, -0.15) is 0 Å². The van der Waals surface area contributed by atoms with Crippen molar-refractivity contribution in [1.29, 1.82) is 0 Å². The summed E-state index contributed by atoms with van der Waals surface area (Å²) < 4.78 is 13.9. The number of nitrogens with one attached hydrogen (secondary N) is 2. The van der Waals surface area contributed by atoms with Crippen LogP contribution in [0.15, 0.2) is 12.1 Å². The van der Waals surface area contributed by atoms with Gasteiger partial charge in [-0.05, 0) is 31.0 Å². The summed E-state index contributed by atoms with van der Waals surface area (Å²) >= 11 is 0. The van der Waals surface area contributed by atoms with Crippen LogP contribution >= 0.6 is 0 Å². The van der Waals surface area contributed by atoms with Gasteiger partial charge >= 0.3 is 0 Å². The van der Waals surface area contributed by atoms with Gasteiger partial charge in [0, 0.05) is 18.2 Å². The van der Waals surface area contributed by atoms with E-state index in [4.69, 9.17) is 5.73 Å². The van der Waals surface area contributed by atoms with E-state index in [9.17, 15) is 14.0 Å². The van der Waals surface area contributed by atoms with E-state index in [1.807, 2.05) is 0 Å². The summed E-state index contributed by atoms with van der Waals surface area (Å²) in [6.07, 6.45) is 0.850. The largest absolute Gasteiger partial charge is 0.327 e. The predicted molar refractivity (Wildman–Crippen MR) is 74.8 cm³/mol. The van der Waals surface area contributed by atoms with Crippen molar-refractivity contribution in [1.82, 2.24) is 0 Å². The smallest absolute Gasteiger partial charge is 0.228 e. The number of fused-ring (bicyclic) bond motifs is 1. The summed E-state index contributed by atoms with van der Waals surface area (Å²) in [5.74, 6) is -1.39. The lowest BCUT2D eigenvalue weighted by molar-refractivity contribution is -0.120. The summed E-state index contributed by atoms with van der Waals surface area (Å²) in [5.41, 5.74) is 6.99. The minimum Gasteiger partial charge on any atom is -0.327 e. The average Bonchev–Trinajstić information content (AvgIpc) is 2.39. The first-order chi connectivity index (χ1) is 9.38. The van der Waals surface area contributed by atoms with Crippen molar-refractivity contribution in [2.45, 2.75) is 32.7 Å². The maximum atomic E-state index is 13.9. The molecule has 5 nitrogen and oxygen atoms in total. The van der Waals surface area contributed by atoms with Crippen LogP contribution in [0.1, 0.15) is 25.8 Å². The first kappa shape index (κ1) is 14.5. The van der Waals surface area contributed by atoms with Crippen LogP contribution in [-0.4, -0.2) is 17.9 Å². The second kappa shape index (κ2) is 5.58. The number of hydrogen-bond acceptors (Lipinski definition) is 3. The first-order valence-electron chi connectivity index (χ1n) is 6.57. The molecule has 4 N–H and O–H groups in total. The van der Waals surface area contributed by atoms with Crippen molar-refractivity contribution in [3.63, 3.8) is 0 Å². The molecule has 2 atom stereocenters. The van der Waals surface area contributed by atoms with Gasteiger partial charge in [0.2, 0.25) is 11.8 Å². The van der Waals surface area contributed by atoms with Crippen LogP contribution in [-0.2, 0) is 16.0 Å². The lowest BCUT2D eigenvalue weighted by Crippen LogP contribution is -2.34. The number of benzene rings is 1. The molecule has 2 unspecified atom stereocenters. The third-order valence-corrected chi connectivity index (χ3v) is 3.55. The number of anilines is 2. The molecule has 0 fully saturated rings. The first-order valence-corrected chi connectivity index (χ1v) is 6.57. The SMILES string of the molecule is CC(N)C(C)C(=O)Nc1cc2c(cc1F)CCC(=O)N2. The van der Waals surface area contributed by atoms with E-state index < -0.39 is 11.7 Å². The van der Waals surface area contributed by atoms with Gasteiger partial charge in [0.15, 0.2) is 0 Å². The number of amides is 2. The highest BCUT2D eigenvalue weighted by Gasteiger charge is 2.21. The molecule has 0 radical (unpaired) electrons. The van der Waals surface area contributed by atoms with Gasteiger partial charge in [0.25, 0.3) is 0 Å². The maximum absolute atomic E-state index is 13.9. The zero-order chi connectivity index (χ0) is 14.9. The molecule has 2 rings (SSSR count). The molecule has 0 bridgehead atoms. The summed E-state index contributed by atoms with van der Waals surface area (Å²) in [6.45, 7) is 3.39. The number of rotatable bonds is 3. The Morgan fingerprint density at radius 1 is 1.40 bits per heavy atom. The van der Waals surface area contributed by atoms with Crippen molar-refractivity contribution >= 4 is 23.2 Å². The molecule has 0 saturated carbocycles. The molecule has 1 heterocycles. The fraction of sp³-hybridized carbons (Fsp3) is 0.429. The number of aryl methyl sites for hydroxylation is 1. The average molecular weight is 279 g/mol. The van der Waals surface area contributed by atoms with Crippen LogP contribution in [0.5, 0.6) is 0 Å². The molecule has 1 aliphatic rings. The van der Waals surface area contributed by atoms with Gasteiger partial charge in [-0.25, -0.2) is 4.39 Å². The molecule has 2 amide bonds. The van der Waals surface area contributed by atoms with Crippen LogP contribution in [0, 0.1) is 11.7 Å². The third kappa shape index (κ3) is 2.96. The molecular formula is C14H18FN3O2. The van der Waals surface area contributed by atoms with Crippen LogP contribution in [0.2, 0.25) is 0 Å². The Bertz CT molecular complexity index is 558. The Morgan fingerprint density at radius 3 is 2.75 bits per heavy atom. The molecule has 0 saturated heterocycles. The Morgan fingerprint density at radius 2 is 2.10 bits per heavy atom. The van der Waals surface area contributed by atoms with E-state index in [0.717, 1.165) is 5.56 Å². The highest BCUT2D eigenvalue weighted by molar-refractivity contribution is 5.97. The number of halogens is 1. The Balaban J connectivity index is 2.22. The summed E-state index contributed by atoms with van der Waals surface area (Å²) in [6, 6.07) is 2.48. The lowest BCUT2D eigenvalue weighted by atomic mass is 10.0. The fourth-order valence-electron chi connectivity index (χ4n) is 1.98. The van der Waals surface area contributed by atoms with Gasteiger partial charge < -0.3 is 16.4 Å². The van der Waals surface area contributed by atoms with E-state index in [0.29, 0.717) is 18.5 Å². The highest BCUT2D eigenvalue weighted by Crippen LogP contribution is 2.28. The van der Waals surface area contributed by atoms with Gasteiger partial charge in [-0.3, -0.25) is 9.59 Å². The van der Waals surface area contributed by atoms with E-state index in [2.05, 4.69) is 10.6 Å². The van der Waals surface area contributed by atoms with E-state index >= 15 is 0 Å². The molecule has 20 heavy (non-hydrogen) atoms. The second-order valence-corrected chi connectivity index (χ2v) is 5.17. The second-order valence-electron chi connectivity index (χ2n) is 5.17. The van der Waals surface area contributed by atoms with Gasteiger partial charge in [-0.15, -0.1) is 0 Å². The van der Waals surface area contributed by atoms with Gasteiger partial charge in [0.1, 0.15) is 5.82 Å². The van der Waals surface area contributed by atoms with Gasteiger partial charge in [0.05, 0.1) is 11.6 Å². The molecule has 1 aliphatic heterocycles. The van der Waals surface area contributed by atoms with E-state index in [-0.39, 0.29) is 23.5 Å². The molecule has 0 aliphatic carbocycles.